The number of unbranched alkanes of at least 4 members (excludes halogenated alkanes) is 2. The van der Waals surface area contributed by atoms with Gasteiger partial charge in [0.25, 0.3) is 0 Å². The van der Waals surface area contributed by atoms with Crippen molar-refractivity contribution in [3.05, 3.63) is 0 Å². The topological polar surface area (TPSA) is 38.0 Å². The van der Waals surface area contributed by atoms with Gasteiger partial charge < -0.3 is 11.1 Å². The van der Waals surface area contributed by atoms with Crippen molar-refractivity contribution < 1.29 is 0 Å². The molecular weight excluding hydrogens is 144 g/mol. The lowest BCUT2D eigenvalue weighted by Crippen LogP contribution is -2.19. The molecule has 0 aromatic carbocycles. The molecule has 0 aromatic heterocycles. The van der Waals surface area contributed by atoms with Crippen LogP contribution in [-0.2, 0) is 0 Å². The Morgan fingerprint density at radius 3 is 2.60 bits per heavy atom. The predicted octanol–water partition coefficient (Wildman–Crippen LogP) is 1.05. The van der Waals surface area contributed by atoms with Crippen LogP contribution in [0.25, 0.3) is 0 Å². The molecule has 3 heteroatoms. The fraction of sp³-hybridized carbons (Fsp3) is 0.857. The molecule has 0 atom stereocenters. The van der Waals surface area contributed by atoms with Crippen LogP contribution in [0.3, 0.4) is 0 Å². The minimum absolute atomic E-state index is 0.802. The minimum Gasteiger partial charge on any atom is -0.380 e. The molecule has 0 spiro atoms. The van der Waals surface area contributed by atoms with Gasteiger partial charge in [0, 0.05) is 6.54 Å². The average Bonchev–Trinajstić information content (AvgIpc) is 1.87. The van der Waals surface area contributed by atoms with Crippen LogP contribution in [0, 0.1) is 0 Å². The van der Waals surface area contributed by atoms with Gasteiger partial charge in [0.05, 0.1) is 4.99 Å². The van der Waals surface area contributed by atoms with Gasteiger partial charge in [0.1, 0.15) is 0 Å². The van der Waals surface area contributed by atoms with E-state index in [1.807, 2.05) is 6.92 Å². The Labute approximate surface area is 68.2 Å². The van der Waals surface area contributed by atoms with E-state index in [-0.39, 0.29) is 0 Å². The number of hydrogen-bond acceptors (Lipinski definition) is 2. The molecule has 3 N–H and O–H groups in total. The van der Waals surface area contributed by atoms with Gasteiger partial charge in [-0.15, -0.1) is 0 Å². The number of nitrogens with two attached hydrogens (primary N) is 1. The normalized spacial score (nSPS) is 9.40. The summed E-state index contributed by atoms with van der Waals surface area (Å²) in [4.78, 5) is 0.882. The van der Waals surface area contributed by atoms with Gasteiger partial charge in [-0.2, -0.15) is 0 Å². The number of hydrogen-bond donors (Lipinski definition) is 2. The molecule has 60 valence electrons. The molecule has 2 nitrogen and oxygen atoms in total. The summed E-state index contributed by atoms with van der Waals surface area (Å²) in [5.41, 5.74) is 5.32. The quantitative estimate of drug-likeness (QED) is 0.466. The molecule has 0 bridgehead atoms. The summed E-state index contributed by atoms with van der Waals surface area (Å²) in [5.74, 6) is 0. The second kappa shape index (κ2) is 6.96. The molecule has 0 aliphatic carbocycles. The molecular formula is C7H16N2S. The van der Waals surface area contributed by atoms with E-state index in [1.54, 1.807) is 0 Å². The van der Waals surface area contributed by atoms with E-state index in [2.05, 4.69) is 5.32 Å². The maximum Gasteiger partial charge on any atom is 0.0721 e. The number of rotatable bonds is 5. The van der Waals surface area contributed by atoms with Crippen LogP contribution >= 0.6 is 12.2 Å². The molecule has 0 aliphatic heterocycles. The van der Waals surface area contributed by atoms with Gasteiger partial charge in [-0.05, 0) is 26.3 Å². The SMILES string of the molecule is CC(=S)NCCCCCN. The Morgan fingerprint density at radius 2 is 2.10 bits per heavy atom. The molecule has 0 saturated heterocycles. The lowest BCUT2D eigenvalue weighted by molar-refractivity contribution is 0.672. The Morgan fingerprint density at radius 1 is 1.40 bits per heavy atom. The molecule has 0 fully saturated rings. The monoisotopic (exact) mass is 160 g/mol. The maximum absolute atomic E-state index is 5.32. The van der Waals surface area contributed by atoms with Crippen LogP contribution in [0.1, 0.15) is 26.2 Å². The Hall–Kier alpha value is -0.150. The lowest BCUT2D eigenvalue weighted by Gasteiger charge is -2.01. The lowest BCUT2D eigenvalue weighted by atomic mass is 10.2. The third kappa shape index (κ3) is 7.85. The van der Waals surface area contributed by atoms with Crippen LogP contribution < -0.4 is 11.1 Å². The zero-order valence-electron chi connectivity index (χ0n) is 6.52. The van der Waals surface area contributed by atoms with E-state index < -0.39 is 0 Å². The molecule has 0 heterocycles. The third-order valence-corrected chi connectivity index (χ3v) is 1.40. The van der Waals surface area contributed by atoms with Crippen molar-refractivity contribution in [2.75, 3.05) is 13.1 Å². The average molecular weight is 160 g/mol. The Kier molecular flexibility index (Phi) is 6.86. The highest BCUT2D eigenvalue weighted by Crippen LogP contribution is 1.90. The standard InChI is InChI=1S/C7H16N2S/c1-7(10)9-6-4-2-3-5-8/h2-6,8H2,1H3,(H,9,10). The first-order valence-electron chi connectivity index (χ1n) is 3.72. The zero-order chi connectivity index (χ0) is 7.82. The second-order valence-corrected chi connectivity index (χ2v) is 2.94. The van der Waals surface area contributed by atoms with Crippen molar-refractivity contribution >= 4 is 17.2 Å². The highest BCUT2D eigenvalue weighted by atomic mass is 32.1. The highest BCUT2D eigenvalue weighted by Gasteiger charge is 1.87. The molecule has 0 saturated carbocycles. The minimum atomic E-state index is 0.802. The van der Waals surface area contributed by atoms with E-state index in [0.717, 1.165) is 24.5 Å². The second-order valence-electron chi connectivity index (χ2n) is 2.33. The van der Waals surface area contributed by atoms with Crippen LogP contribution in [0.4, 0.5) is 0 Å². The highest BCUT2D eigenvalue weighted by molar-refractivity contribution is 7.80. The zero-order valence-corrected chi connectivity index (χ0v) is 7.34. The van der Waals surface area contributed by atoms with Gasteiger partial charge in [-0.3, -0.25) is 0 Å². The van der Waals surface area contributed by atoms with Crippen LogP contribution in [-0.4, -0.2) is 18.1 Å². The molecule has 0 aromatic rings. The van der Waals surface area contributed by atoms with Gasteiger partial charge >= 0.3 is 0 Å². The summed E-state index contributed by atoms with van der Waals surface area (Å²) in [6.45, 7) is 3.70. The van der Waals surface area contributed by atoms with Gasteiger partial charge in [0.15, 0.2) is 0 Å². The van der Waals surface area contributed by atoms with Crippen molar-refractivity contribution in [3.8, 4) is 0 Å². The summed E-state index contributed by atoms with van der Waals surface area (Å²) in [6.07, 6.45) is 3.50. The summed E-state index contributed by atoms with van der Waals surface area (Å²) in [5, 5.41) is 3.10. The number of nitrogens with one attached hydrogen (secondary N) is 1. The molecule has 0 radical (unpaired) electrons. The van der Waals surface area contributed by atoms with Gasteiger partial charge in [-0.25, -0.2) is 0 Å². The van der Waals surface area contributed by atoms with Crippen molar-refractivity contribution in [2.24, 2.45) is 5.73 Å². The number of thiocarbonyl (C=S) groups is 1. The van der Waals surface area contributed by atoms with Gasteiger partial charge in [0.2, 0.25) is 0 Å². The van der Waals surface area contributed by atoms with E-state index >= 15 is 0 Å². The van der Waals surface area contributed by atoms with Crippen molar-refractivity contribution in [2.45, 2.75) is 26.2 Å². The molecule has 0 aliphatic rings. The molecule has 0 amide bonds. The Bertz CT molecular complexity index is 93.6. The van der Waals surface area contributed by atoms with Crippen LogP contribution in [0.5, 0.6) is 0 Å². The largest absolute Gasteiger partial charge is 0.380 e. The first kappa shape index (κ1) is 9.85. The summed E-state index contributed by atoms with van der Waals surface area (Å²) < 4.78 is 0. The maximum atomic E-state index is 5.32. The summed E-state index contributed by atoms with van der Waals surface area (Å²) >= 11 is 4.84. The predicted molar refractivity (Wildman–Crippen MR) is 49.2 cm³/mol. The fourth-order valence-corrected chi connectivity index (χ4v) is 0.813. The van der Waals surface area contributed by atoms with E-state index in [1.165, 1.54) is 12.8 Å². The first-order chi connectivity index (χ1) is 4.77. The van der Waals surface area contributed by atoms with Crippen molar-refractivity contribution in [3.63, 3.8) is 0 Å². The molecule has 0 rings (SSSR count). The Balaban J connectivity index is 2.84. The molecule has 0 unspecified atom stereocenters. The van der Waals surface area contributed by atoms with E-state index in [0.29, 0.717) is 0 Å². The first-order valence-corrected chi connectivity index (χ1v) is 4.12. The fourth-order valence-electron chi connectivity index (χ4n) is 0.711. The smallest absolute Gasteiger partial charge is 0.0721 e. The van der Waals surface area contributed by atoms with E-state index in [9.17, 15) is 0 Å². The van der Waals surface area contributed by atoms with E-state index in [4.69, 9.17) is 18.0 Å². The third-order valence-electron chi connectivity index (χ3n) is 1.25. The van der Waals surface area contributed by atoms with Gasteiger partial charge in [-0.1, -0.05) is 18.6 Å². The molecule has 10 heavy (non-hydrogen) atoms. The van der Waals surface area contributed by atoms with Crippen LogP contribution in [0.2, 0.25) is 0 Å². The summed E-state index contributed by atoms with van der Waals surface area (Å²) in [7, 11) is 0. The summed E-state index contributed by atoms with van der Waals surface area (Å²) in [6, 6.07) is 0. The van der Waals surface area contributed by atoms with Crippen molar-refractivity contribution in [1.82, 2.24) is 5.32 Å². The van der Waals surface area contributed by atoms with Crippen molar-refractivity contribution in [1.29, 1.82) is 0 Å². The van der Waals surface area contributed by atoms with Crippen LogP contribution in [0.15, 0.2) is 0 Å².